The Morgan fingerprint density at radius 3 is 2.92 bits per heavy atom. The number of benzene rings is 1. The fourth-order valence-electron chi connectivity index (χ4n) is 4.30. The summed E-state index contributed by atoms with van der Waals surface area (Å²) >= 11 is 0. The number of amides is 1. The highest BCUT2D eigenvalue weighted by atomic mass is 16.5. The standard InChI is InChI=1S/C21H24N2O2/c1-25-13-12-23(15-17-7-4-5-11-22-17)20(24)19-14-21(19)10-9-16-6-2-3-8-18(16)21/h2-8,11,19H,9-10,12-15H2,1H3/t19-,21+/m1/s1. The molecule has 1 aromatic heterocycles. The molecule has 1 saturated carbocycles. The third-order valence-electron chi connectivity index (χ3n) is 5.72. The van der Waals surface area contributed by atoms with E-state index in [1.807, 2.05) is 23.1 Å². The Balaban J connectivity index is 1.52. The second kappa shape index (κ2) is 6.60. The van der Waals surface area contributed by atoms with Crippen molar-refractivity contribution >= 4 is 5.91 Å². The van der Waals surface area contributed by atoms with E-state index in [9.17, 15) is 4.79 Å². The molecular weight excluding hydrogens is 312 g/mol. The van der Waals surface area contributed by atoms with Gasteiger partial charge in [-0.1, -0.05) is 30.3 Å². The van der Waals surface area contributed by atoms with Crippen molar-refractivity contribution in [2.24, 2.45) is 5.92 Å². The number of nitrogens with zero attached hydrogens (tertiary/aromatic N) is 2. The van der Waals surface area contributed by atoms with Crippen molar-refractivity contribution in [2.45, 2.75) is 31.2 Å². The van der Waals surface area contributed by atoms with Crippen molar-refractivity contribution < 1.29 is 9.53 Å². The van der Waals surface area contributed by atoms with Crippen LogP contribution >= 0.6 is 0 Å². The van der Waals surface area contributed by atoms with Crippen LogP contribution in [0.4, 0.5) is 0 Å². The first-order valence-corrected chi connectivity index (χ1v) is 9.00. The van der Waals surface area contributed by atoms with Crippen molar-refractivity contribution in [2.75, 3.05) is 20.3 Å². The van der Waals surface area contributed by atoms with Gasteiger partial charge < -0.3 is 9.64 Å². The number of rotatable bonds is 6. The third kappa shape index (κ3) is 2.95. The average Bonchev–Trinajstić information content (AvgIpc) is 3.28. The molecule has 2 aliphatic carbocycles. The quantitative estimate of drug-likeness (QED) is 0.814. The number of aryl methyl sites for hydroxylation is 1. The molecule has 1 spiro atoms. The van der Waals surface area contributed by atoms with E-state index in [0.717, 1.165) is 25.0 Å². The number of carbonyl (C=O) groups excluding carboxylic acids is 1. The van der Waals surface area contributed by atoms with Gasteiger partial charge in [-0.05, 0) is 42.5 Å². The van der Waals surface area contributed by atoms with Gasteiger partial charge in [0.2, 0.25) is 5.91 Å². The summed E-state index contributed by atoms with van der Waals surface area (Å²) in [6.07, 6.45) is 4.96. The summed E-state index contributed by atoms with van der Waals surface area (Å²) in [5.74, 6) is 0.358. The Kier molecular flexibility index (Phi) is 4.30. The topological polar surface area (TPSA) is 42.4 Å². The maximum atomic E-state index is 13.2. The maximum Gasteiger partial charge on any atom is 0.227 e. The van der Waals surface area contributed by atoms with Crippen LogP contribution < -0.4 is 0 Å². The zero-order chi connectivity index (χ0) is 17.3. The van der Waals surface area contributed by atoms with Crippen LogP contribution in [0.2, 0.25) is 0 Å². The van der Waals surface area contributed by atoms with E-state index in [-0.39, 0.29) is 17.2 Å². The molecule has 4 heteroatoms. The molecular formula is C21H24N2O2. The summed E-state index contributed by atoms with van der Waals surface area (Å²) in [5, 5.41) is 0. The molecule has 1 aromatic carbocycles. The van der Waals surface area contributed by atoms with E-state index in [4.69, 9.17) is 4.74 Å². The molecule has 0 aliphatic heterocycles. The van der Waals surface area contributed by atoms with E-state index in [1.54, 1.807) is 13.3 Å². The van der Waals surface area contributed by atoms with Gasteiger partial charge in [0.05, 0.1) is 18.8 Å². The highest BCUT2D eigenvalue weighted by Gasteiger charge is 2.61. The van der Waals surface area contributed by atoms with Gasteiger partial charge in [0.25, 0.3) is 0 Å². The minimum atomic E-state index is 0.0864. The number of fused-ring (bicyclic) bond motifs is 2. The van der Waals surface area contributed by atoms with Crippen molar-refractivity contribution in [1.29, 1.82) is 0 Å². The lowest BCUT2D eigenvalue weighted by atomic mass is 9.95. The molecule has 0 bridgehead atoms. The predicted octanol–water partition coefficient (Wildman–Crippen LogP) is 2.96. The fraction of sp³-hybridized carbons (Fsp3) is 0.429. The van der Waals surface area contributed by atoms with Gasteiger partial charge in [-0.15, -0.1) is 0 Å². The minimum absolute atomic E-state index is 0.0864. The van der Waals surface area contributed by atoms with E-state index in [2.05, 4.69) is 29.2 Å². The van der Waals surface area contributed by atoms with Crippen LogP contribution in [0.15, 0.2) is 48.7 Å². The second-order valence-electron chi connectivity index (χ2n) is 7.14. The van der Waals surface area contributed by atoms with Gasteiger partial charge in [0, 0.05) is 31.2 Å². The smallest absolute Gasteiger partial charge is 0.227 e. The van der Waals surface area contributed by atoms with Crippen LogP contribution in [0.3, 0.4) is 0 Å². The predicted molar refractivity (Wildman–Crippen MR) is 96.1 cm³/mol. The molecule has 1 heterocycles. The van der Waals surface area contributed by atoms with E-state index >= 15 is 0 Å². The molecule has 130 valence electrons. The molecule has 2 aromatic rings. The summed E-state index contributed by atoms with van der Waals surface area (Å²) < 4.78 is 5.22. The molecule has 4 nitrogen and oxygen atoms in total. The SMILES string of the molecule is COCCN(Cc1ccccn1)C(=O)[C@H]1C[C@]12CCc1ccccc12. The van der Waals surface area contributed by atoms with E-state index in [0.29, 0.717) is 19.7 Å². The van der Waals surface area contributed by atoms with Crippen LogP contribution in [0.25, 0.3) is 0 Å². The Morgan fingerprint density at radius 1 is 1.28 bits per heavy atom. The minimum Gasteiger partial charge on any atom is -0.383 e. The number of hydrogen-bond donors (Lipinski definition) is 0. The largest absolute Gasteiger partial charge is 0.383 e. The molecule has 0 unspecified atom stereocenters. The molecule has 2 aliphatic rings. The first kappa shape index (κ1) is 16.3. The normalized spacial score (nSPS) is 23.5. The van der Waals surface area contributed by atoms with Gasteiger partial charge in [0.15, 0.2) is 0 Å². The number of pyridine rings is 1. The van der Waals surface area contributed by atoms with Crippen LogP contribution in [0.5, 0.6) is 0 Å². The molecule has 0 radical (unpaired) electrons. The summed E-state index contributed by atoms with van der Waals surface area (Å²) in [5.41, 5.74) is 3.83. The van der Waals surface area contributed by atoms with Crippen LogP contribution in [-0.4, -0.2) is 36.1 Å². The van der Waals surface area contributed by atoms with Gasteiger partial charge in [-0.3, -0.25) is 9.78 Å². The van der Waals surface area contributed by atoms with Crippen LogP contribution in [-0.2, 0) is 27.9 Å². The average molecular weight is 336 g/mol. The highest BCUT2D eigenvalue weighted by molar-refractivity contribution is 5.85. The lowest BCUT2D eigenvalue weighted by Gasteiger charge is -2.23. The Labute approximate surface area is 148 Å². The molecule has 2 atom stereocenters. The molecule has 1 fully saturated rings. The van der Waals surface area contributed by atoms with Crippen LogP contribution in [0, 0.1) is 5.92 Å². The number of methoxy groups -OCH3 is 1. The van der Waals surface area contributed by atoms with E-state index in [1.165, 1.54) is 11.1 Å². The zero-order valence-electron chi connectivity index (χ0n) is 14.6. The van der Waals surface area contributed by atoms with Crippen molar-refractivity contribution in [3.05, 3.63) is 65.5 Å². The lowest BCUT2D eigenvalue weighted by Crippen LogP contribution is -2.36. The Hall–Kier alpha value is -2.20. The number of ether oxygens (including phenoxy) is 1. The Bertz CT molecular complexity index is 762. The lowest BCUT2D eigenvalue weighted by molar-refractivity contribution is -0.134. The Morgan fingerprint density at radius 2 is 2.12 bits per heavy atom. The number of carbonyl (C=O) groups is 1. The molecule has 0 N–H and O–H groups in total. The third-order valence-corrected chi connectivity index (χ3v) is 5.72. The van der Waals surface area contributed by atoms with E-state index < -0.39 is 0 Å². The van der Waals surface area contributed by atoms with Crippen LogP contribution in [0.1, 0.15) is 29.7 Å². The van der Waals surface area contributed by atoms with Crippen molar-refractivity contribution in [3.63, 3.8) is 0 Å². The molecule has 1 amide bonds. The van der Waals surface area contributed by atoms with Gasteiger partial charge in [-0.2, -0.15) is 0 Å². The molecule has 25 heavy (non-hydrogen) atoms. The van der Waals surface area contributed by atoms with Gasteiger partial charge in [0.1, 0.15) is 0 Å². The molecule has 4 rings (SSSR count). The second-order valence-corrected chi connectivity index (χ2v) is 7.14. The zero-order valence-corrected chi connectivity index (χ0v) is 14.6. The van der Waals surface area contributed by atoms with Crippen molar-refractivity contribution in [1.82, 2.24) is 9.88 Å². The van der Waals surface area contributed by atoms with Gasteiger partial charge in [-0.25, -0.2) is 0 Å². The number of hydrogen-bond acceptors (Lipinski definition) is 3. The maximum absolute atomic E-state index is 13.2. The van der Waals surface area contributed by atoms with Gasteiger partial charge >= 0.3 is 0 Å². The summed E-state index contributed by atoms with van der Waals surface area (Å²) in [7, 11) is 1.68. The van der Waals surface area contributed by atoms with Crippen molar-refractivity contribution in [3.8, 4) is 0 Å². The summed E-state index contributed by atoms with van der Waals surface area (Å²) in [6, 6.07) is 14.5. The monoisotopic (exact) mass is 336 g/mol. The summed E-state index contributed by atoms with van der Waals surface area (Å²) in [6.45, 7) is 1.71. The first-order valence-electron chi connectivity index (χ1n) is 9.00. The first-order chi connectivity index (χ1) is 12.2. The fourth-order valence-corrected chi connectivity index (χ4v) is 4.30. The molecule has 0 saturated heterocycles. The summed E-state index contributed by atoms with van der Waals surface area (Å²) in [4.78, 5) is 19.5. The highest BCUT2D eigenvalue weighted by Crippen LogP contribution is 2.62. The number of aromatic nitrogens is 1.